The van der Waals surface area contributed by atoms with E-state index in [0.717, 1.165) is 37.9 Å². The first-order valence-electron chi connectivity index (χ1n) is 14.7. The van der Waals surface area contributed by atoms with E-state index in [-0.39, 0.29) is 0 Å². The normalized spacial score (nSPS) is 12.3. The fourth-order valence-electron chi connectivity index (χ4n) is 6.12. The minimum atomic E-state index is -3.39. The van der Waals surface area contributed by atoms with Crippen LogP contribution in [0.2, 0.25) is 0 Å². The summed E-state index contributed by atoms with van der Waals surface area (Å²) in [4.78, 5) is 13.1. The summed E-state index contributed by atoms with van der Waals surface area (Å²) in [5.74, 6) is 0. The van der Waals surface area contributed by atoms with E-state index in [9.17, 15) is 4.89 Å². The molecule has 0 aliphatic carbocycles. The molecule has 6 aromatic carbocycles. The van der Waals surface area contributed by atoms with Crippen LogP contribution in [0.3, 0.4) is 0 Å². The van der Waals surface area contributed by atoms with E-state index >= 15 is 0 Å². The first kappa shape index (κ1) is 28.4. The molecule has 0 atom stereocenters. The van der Waals surface area contributed by atoms with E-state index in [1.54, 1.807) is 6.08 Å². The molecule has 0 heterocycles. The second-order valence-electron chi connectivity index (χ2n) is 10.7. The average molecular weight is 578 g/mol. The summed E-state index contributed by atoms with van der Waals surface area (Å²) in [7, 11) is -1.40. The molecular weight excluding hydrogens is 541 g/mol. The van der Waals surface area contributed by atoms with Crippen LogP contribution in [0.4, 0.5) is 5.69 Å². The number of anilines is 1. The van der Waals surface area contributed by atoms with Gasteiger partial charge in [0, 0.05) is 0 Å². The van der Waals surface area contributed by atoms with Gasteiger partial charge in [0.15, 0.2) is 0 Å². The van der Waals surface area contributed by atoms with Gasteiger partial charge in [-0.1, -0.05) is 0 Å². The molecule has 2 N–H and O–H groups in total. The van der Waals surface area contributed by atoms with E-state index < -0.39 is 7.49 Å². The standard InChI is InChI=1S/C40H36NOP/c1-3-4-5-6-9-20-32-29-39(43(42,33-21-10-7-11-22-33)34-23-12-8-13-24-34)35-25-16-17-26-36(35)40(32)37-27-30-18-14-15-19-31(30)28-38(37)41-2/h3-19,21-29,41-43H,1,20H2,2H3/b5-4-,9-6+. The quantitative estimate of drug-likeness (QED) is 0.133. The van der Waals surface area contributed by atoms with E-state index in [2.05, 4.69) is 115 Å². The van der Waals surface area contributed by atoms with Crippen molar-refractivity contribution in [1.82, 2.24) is 0 Å². The first-order chi connectivity index (χ1) is 21.1. The van der Waals surface area contributed by atoms with Gasteiger partial charge in [0.1, 0.15) is 0 Å². The zero-order valence-corrected chi connectivity index (χ0v) is 25.4. The Kier molecular flexibility index (Phi) is 8.34. The monoisotopic (exact) mass is 577 g/mol. The topological polar surface area (TPSA) is 32.3 Å². The Balaban J connectivity index is 1.71. The van der Waals surface area contributed by atoms with Gasteiger partial charge < -0.3 is 0 Å². The van der Waals surface area contributed by atoms with Crippen molar-refractivity contribution in [2.24, 2.45) is 0 Å². The van der Waals surface area contributed by atoms with Crippen LogP contribution in [0.5, 0.6) is 0 Å². The van der Waals surface area contributed by atoms with Gasteiger partial charge >= 0.3 is 255 Å². The summed E-state index contributed by atoms with van der Waals surface area (Å²) in [5.41, 5.74) is 4.58. The maximum absolute atomic E-state index is 13.1. The Morgan fingerprint density at radius 1 is 0.674 bits per heavy atom. The van der Waals surface area contributed by atoms with Gasteiger partial charge in [-0.25, -0.2) is 0 Å². The number of allylic oxidation sites excluding steroid dienone is 5. The van der Waals surface area contributed by atoms with Crippen molar-refractivity contribution in [3.63, 3.8) is 0 Å². The number of fused-ring (bicyclic) bond motifs is 2. The van der Waals surface area contributed by atoms with Gasteiger partial charge in [0.05, 0.1) is 0 Å². The van der Waals surface area contributed by atoms with Crippen molar-refractivity contribution in [3.05, 3.63) is 170 Å². The molecule has 0 saturated heterocycles. The Morgan fingerprint density at radius 3 is 1.88 bits per heavy atom. The summed E-state index contributed by atoms with van der Waals surface area (Å²) in [6.45, 7) is 3.79. The molecule has 6 aromatic rings. The molecule has 0 bridgehead atoms. The third-order valence-corrected chi connectivity index (χ3v) is 11.7. The fourth-order valence-corrected chi connectivity index (χ4v) is 9.41. The molecule has 0 radical (unpaired) electrons. The molecule has 0 aliphatic rings. The number of rotatable bonds is 9. The molecule has 212 valence electrons. The van der Waals surface area contributed by atoms with Crippen molar-refractivity contribution in [2.45, 2.75) is 6.42 Å². The molecule has 0 aromatic heterocycles. The SMILES string of the molecule is C=C/C=C\C=C\Cc1cc([PH](O)(c2ccccc2)c2ccccc2)c2ccccc2c1-c1cc2ccccc2cc1NC. The second kappa shape index (κ2) is 12.6. The van der Waals surface area contributed by atoms with Crippen molar-refractivity contribution in [2.75, 3.05) is 12.4 Å². The second-order valence-corrected chi connectivity index (χ2v) is 13.8. The van der Waals surface area contributed by atoms with Crippen molar-refractivity contribution < 1.29 is 4.89 Å². The van der Waals surface area contributed by atoms with E-state index in [1.165, 1.54) is 21.9 Å². The van der Waals surface area contributed by atoms with Crippen LogP contribution < -0.4 is 21.2 Å². The molecule has 0 saturated carbocycles. The number of nitrogens with one attached hydrogen (secondary N) is 1. The Bertz CT molecular complexity index is 1920. The third kappa shape index (κ3) is 5.44. The predicted octanol–water partition coefficient (Wildman–Crippen LogP) is 8.48. The number of benzene rings is 6. The molecule has 0 amide bonds. The van der Waals surface area contributed by atoms with Crippen LogP contribution in [-0.4, -0.2) is 11.9 Å². The first-order valence-corrected chi connectivity index (χ1v) is 16.6. The molecule has 3 heteroatoms. The predicted molar refractivity (Wildman–Crippen MR) is 191 cm³/mol. The molecular formula is C40H36NOP. The van der Waals surface area contributed by atoms with Crippen molar-refractivity contribution in [3.8, 4) is 11.1 Å². The summed E-state index contributed by atoms with van der Waals surface area (Å²) in [6, 6.07) is 44.3. The molecule has 6 rings (SSSR count). The van der Waals surface area contributed by atoms with E-state index in [4.69, 9.17) is 0 Å². The van der Waals surface area contributed by atoms with Crippen LogP contribution in [0.1, 0.15) is 5.56 Å². The van der Waals surface area contributed by atoms with Crippen molar-refractivity contribution in [1.29, 1.82) is 0 Å². The van der Waals surface area contributed by atoms with Gasteiger partial charge in [-0.15, -0.1) is 0 Å². The van der Waals surface area contributed by atoms with Gasteiger partial charge in [-0.2, -0.15) is 0 Å². The molecule has 0 spiro atoms. The van der Waals surface area contributed by atoms with Crippen molar-refractivity contribution >= 4 is 50.6 Å². The number of hydrogen-bond donors (Lipinski definition) is 2. The Labute approximate surface area is 254 Å². The summed E-state index contributed by atoms with van der Waals surface area (Å²) in [5, 5.41) is 11.0. The zero-order valence-electron chi connectivity index (χ0n) is 24.4. The zero-order chi connectivity index (χ0) is 29.6. The Morgan fingerprint density at radius 2 is 1.26 bits per heavy atom. The Hall–Kier alpha value is -4.75. The molecule has 0 fully saturated rings. The van der Waals surface area contributed by atoms with Gasteiger partial charge in [-0.05, 0) is 0 Å². The summed E-state index contributed by atoms with van der Waals surface area (Å²) < 4.78 is 0. The molecule has 0 aliphatic heterocycles. The summed E-state index contributed by atoms with van der Waals surface area (Å²) in [6.07, 6.45) is 10.7. The summed E-state index contributed by atoms with van der Waals surface area (Å²) >= 11 is 0. The van der Waals surface area contributed by atoms with Gasteiger partial charge in [-0.3, -0.25) is 0 Å². The van der Waals surface area contributed by atoms with E-state index in [0.29, 0.717) is 6.42 Å². The van der Waals surface area contributed by atoms with Crippen LogP contribution >= 0.6 is 7.49 Å². The molecule has 43 heavy (non-hydrogen) atoms. The average Bonchev–Trinajstić information content (AvgIpc) is 3.07. The van der Waals surface area contributed by atoms with Crippen LogP contribution in [0, 0.1) is 0 Å². The van der Waals surface area contributed by atoms with Crippen LogP contribution in [0.15, 0.2) is 164 Å². The molecule has 0 unspecified atom stereocenters. The van der Waals surface area contributed by atoms with Gasteiger partial charge in [0.25, 0.3) is 0 Å². The van der Waals surface area contributed by atoms with Crippen LogP contribution in [-0.2, 0) is 6.42 Å². The van der Waals surface area contributed by atoms with Crippen LogP contribution in [0.25, 0.3) is 32.7 Å². The molecule has 2 nitrogen and oxygen atoms in total. The fraction of sp³-hybridized carbons (Fsp3) is 0.0500. The van der Waals surface area contributed by atoms with Gasteiger partial charge in [0.2, 0.25) is 0 Å². The third-order valence-electron chi connectivity index (χ3n) is 8.16. The minimum absolute atomic E-state index is 0.707. The van der Waals surface area contributed by atoms with E-state index in [1.807, 2.05) is 55.6 Å². The number of hydrogen-bond acceptors (Lipinski definition) is 2. The maximum atomic E-state index is 13.1.